The van der Waals surface area contributed by atoms with Crippen LogP contribution >= 0.6 is 23.2 Å². The van der Waals surface area contributed by atoms with Gasteiger partial charge >= 0.3 is 0 Å². The topological polar surface area (TPSA) is 67.9 Å². The number of carbonyl (C=O) groups is 2. The fourth-order valence-corrected chi connectivity index (χ4v) is 4.64. The Labute approximate surface area is 227 Å². The van der Waals surface area contributed by atoms with Gasteiger partial charge in [-0.3, -0.25) is 9.59 Å². The highest BCUT2D eigenvalue weighted by Crippen LogP contribution is 2.31. The first kappa shape index (κ1) is 26.8. The maximum absolute atomic E-state index is 13.7. The number of fused-ring (bicyclic) bond motifs is 1. The Hall–Kier alpha value is -3.22. The average Bonchev–Trinajstić information content (AvgIpc) is 2.91. The lowest BCUT2D eigenvalue weighted by Crippen LogP contribution is -2.50. The highest BCUT2D eigenvalue weighted by Gasteiger charge is 2.30. The van der Waals surface area contributed by atoms with Crippen molar-refractivity contribution >= 4 is 35.0 Å². The first-order chi connectivity index (χ1) is 17.9. The summed E-state index contributed by atoms with van der Waals surface area (Å²) < 4.78 is 11.3. The smallest absolute Gasteiger partial charge is 0.243 e. The van der Waals surface area contributed by atoms with Gasteiger partial charge in [0.05, 0.1) is 10.0 Å². The van der Waals surface area contributed by atoms with Crippen LogP contribution in [0.25, 0.3) is 0 Å². The fourth-order valence-electron chi connectivity index (χ4n) is 4.32. The molecule has 1 N–H and O–H groups in total. The third-order valence-electron chi connectivity index (χ3n) is 6.19. The highest BCUT2D eigenvalue weighted by molar-refractivity contribution is 6.42. The fraction of sp³-hybridized carbons (Fsp3) is 0.310. The zero-order chi connectivity index (χ0) is 26.2. The van der Waals surface area contributed by atoms with Crippen LogP contribution in [-0.2, 0) is 29.0 Å². The van der Waals surface area contributed by atoms with Crippen molar-refractivity contribution in [3.8, 4) is 11.5 Å². The minimum atomic E-state index is -0.690. The van der Waals surface area contributed by atoms with E-state index >= 15 is 0 Å². The van der Waals surface area contributed by atoms with E-state index in [-0.39, 0.29) is 24.8 Å². The van der Waals surface area contributed by atoms with E-state index in [4.69, 9.17) is 32.7 Å². The van der Waals surface area contributed by atoms with Gasteiger partial charge in [-0.15, -0.1) is 0 Å². The second-order valence-electron chi connectivity index (χ2n) is 8.85. The van der Waals surface area contributed by atoms with Gasteiger partial charge in [0.2, 0.25) is 11.8 Å². The van der Waals surface area contributed by atoms with Gasteiger partial charge in [-0.05, 0) is 54.3 Å². The van der Waals surface area contributed by atoms with Crippen molar-refractivity contribution in [2.75, 3.05) is 19.8 Å². The van der Waals surface area contributed by atoms with Crippen LogP contribution < -0.4 is 14.8 Å². The van der Waals surface area contributed by atoms with Gasteiger partial charge in [0.1, 0.15) is 19.3 Å². The minimum absolute atomic E-state index is 0.131. The minimum Gasteiger partial charge on any atom is -0.486 e. The maximum Gasteiger partial charge on any atom is 0.243 e. The number of nitrogens with zero attached hydrogens (tertiary/aromatic N) is 1. The Morgan fingerprint density at radius 2 is 1.62 bits per heavy atom. The number of aryl methyl sites for hydroxylation is 1. The summed E-state index contributed by atoms with van der Waals surface area (Å²) in [5, 5.41) is 3.74. The normalized spacial score (nSPS) is 13.1. The molecule has 1 aliphatic rings. The van der Waals surface area contributed by atoms with Gasteiger partial charge in [0.25, 0.3) is 0 Å². The van der Waals surface area contributed by atoms with Gasteiger partial charge in [-0.2, -0.15) is 0 Å². The number of likely N-dealkylation sites (N-methyl/N-ethyl adjacent to an activating group) is 1. The van der Waals surface area contributed by atoms with Gasteiger partial charge < -0.3 is 19.7 Å². The number of carbonyl (C=O) groups excluding carboxylic acids is 2. The lowest BCUT2D eigenvalue weighted by molar-refractivity contribution is -0.141. The zero-order valence-electron chi connectivity index (χ0n) is 20.7. The molecule has 8 heteroatoms. The molecule has 3 aromatic rings. The number of amides is 2. The molecule has 6 nitrogen and oxygen atoms in total. The first-order valence-electron chi connectivity index (χ1n) is 12.4. The number of hydrogen-bond donors (Lipinski definition) is 1. The van der Waals surface area contributed by atoms with Crippen LogP contribution in [0, 0.1) is 0 Å². The summed E-state index contributed by atoms with van der Waals surface area (Å²) in [5.41, 5.74) is 2.73. The SMILES string of the molecule is CCNC(=O)[C@H](Cc1ccccc1)N(Cc1ccc(Cl)c(Cl)c1)C(=O)CCc1ccc2c(c1)OCCO2. The Balaban J connectivity index is 1.59. The molecule has 37 heavy (non-hydrogen) atoms. The van der Waals surface area contributed by atoms with E-state index in [1.807, 2.05) is 61.5 Å². The summed E-state index contributed by atoms with van der Waals surface area (Å²) in [7, 11) is 0. The number of halogens is 2. The second-order valence-corrected chi connectivity index (χ2v) is 9.66. The molecule has 1 atom stereocenters. The lowest BCUT2D eigenvalue weighted by atomic mass is 10.0. The second kappa shape index (κ2) is 12.8. The molecule has 0 fully saturated rings. The summed E-state index contributed by atoms with van der Waals surface area (Å²) in [5.74, 6) is 1.07. The van der Waals surface area contributed by atoms with E-state index in [0.29, 0.717) is 54.1 Å². The monoisotopic (exact) mass is 540 g/mol. The molecule has 1 aliphatic heterocycles. The number of benzene rings is 3. The van der Waals surface area contributed by atoms with Crippen molar-refractivity contribution in [1.82, 2.24) is 10.2 Å². The molecule has 0 radical (unpaired) electrons. The van der Waals surface area contributed by atoms with E-state index in [9.17, 15) is 9.59 Å². The molecule has 194 valence electrons. The molecular formula is C29H30Cl2N2O4. The maximum atomic E-state index is 13.7. The lowest BCUT2D eigenvalue weighted by Gasteiger charge is -2.31. The third-order valence-corrected chi connectivity index (χ3v) is 6.93. The van der Waals surface area contributed by atoms with E-state index in [0.717, 1.165) is 16.7 Å². The molecular weight excluding hydrogens is 511 g/mol. The van der Waals surface area contributed by atoms with Crippen LogP contribution in [0.4, 0.5) is 0 Å². The molecule has 0 aliphatic carbocycles. The van der Waals surface area contributed by atoms with Gasteiger partial charge in [0.15, 0.2) is 11.5 Å². The average molecular weight is 541 g/mol. The molecule has 0 aromatic heterocycles. The van der Waals surface area contributed by atoms with Gasteiger partial charge in [-0.1, -0.05) is 65.7 Å². The predicted octanol–water partition coefficient (Wildman–Crippen LogP) is 5.47. The predicted molar refractivity (Wildman–Crippen MR) is 145 cm³/mol. The zero-order valence-corrected chi connectivity index (χ0v) is 22.2. The molecule has 0 unspecified atom stereocenters. The number of rotatable bonds is 10. The molecule has 4 rings (SSSR count). The van der Waals surface area contributed by atoms with Crippen molar-refractivity contribution in [1.29, 1.82) is 0 Å². The Morgan fingerprint density at radius 3 is 2.35 bits per heavy atom. The van der Waals surface area contributed by atoms with E-state index in [1.165, 1.54) is 0 Å². The molecule has 0 saturated carbocycles. The third kappa shape index (κ3) is 7.18. The Morgan fingerprint density at radius 1 is 0.892 bits per heavy atom. The first-order valence-corrected chi connectivity index (χ1v) is 13.1. The molecule has 0 saturated heterocycles. The quantitative estimate of drug-likeness (QED) is 0.370. The van der Waals surface area contributed by atoms with Crippen molar-refractivity contribution in [2.45, 2.75) is 38.8 Å². The largest absolute Gasteiger partial charge is 0.486 e. The van der Waals surface area contributed by atoms with Crippen molar-refractivity contribution in [3.63, 3.8) is 0 Å². The highest BCUT2D eigenvalue weighted by atomic mass is 35.5. The van der Waals surface area contributed by atoms with E-state index in [1.54, 1.807) is 17.0 Å². The summed E-state index contributed by atoms with van der Waals surface area (Å²) in [4.78, 5) is 28.6. The van der Waals surface area contributed by atoms with Crippen LogP contribution in [0.5, 0.6) is 11.5 Å². The van der Waals surface area contributed by atoms with Gasteiger partial charge in [0, 0.05) is 25.9 Å². The Kier molecular flexibility index (Phi) is 9.31. The van der Waals surface area contributed by atoms with Crippen molar-refractivity contribution in [2.24, 2.45) is 0 Å². The summed E-state index contributed by atoms with van der Waals surface area (Å²) in [6, 6.07) is 20.0. The van der Waals surface area contributed by atoms with E-state index in [2.05, 4.69) is 5.32 Å². The van der Waals surface area contributed by atoms with Crippen LogP contribution in [-0.4, -0.2) is 42.5 Å². The van der Waals surface area contributed by atoms with Crippen LogP contribution in [0.1, 0.15) is 30.0 Å². The standard InChI is InChI=1S/C29H30Cl2N2O4/c1-2-32-29(35)25(17-20-6-4-3-5-7-20)33(19-22-8-11-23(30)24(31)16-22)28(34)13-10-21-9-12-26-27(18-21)37-15-14-36-26/h3-9,11-12,16,18,25H,2,10,13-15,17,19H2,1H3,(H,32,35)/t25-/m0/s1. The van der Waals surface area contributed by atoms with E-state index < -0.39 is 6.04 Å². The summed E-state index contributed by atoms with van der Waals surface area (Å²) in [6.45, 7) is 3.59. The van der Waals surface area contributed by atoms with Crippen molar-refractivity contribution < 1.29 is 19.1 Å². The molecule has 0 bridgehead atoms. The number of nitrogens with one attached hydrogen (secondary N) is 1. The molecule has 3 aromatic carbocycles. The van der Waals surface area contributed by atoms with Crippen molar-refractivity contribution in [3.05, 3.63) is 93.5 Å². The molecule has 0 spiro atoms. The van der Waals surface area contributed by atoms with Crippen LogP contribution in [0.15, 0.2) is 66.7 Å². The van der Waals surface area contributed by atoms with Crippen LogP contribution in [0.2, 0.25) is 10.0 Å². The summed E-state index contributed by atoms with van der Waals surface area (Å²) >= 11 is 12.4. The van der Waals surface area contributed by atoms with Gasteiger partial charge in [-0.25, -0.2) is 0 Å². The molecule has 2 amide bonds. The number of ether oxygens (including phenoxy) is 2. The van der Waals surface area contributed by atoms with Crippen LogP contribution in [0.3, 0.4) is 0 Å². The molecule has 1 heterocycles. The summed E-state index contributed by atoms with van der Waals surface area (Å²) in [6.07, 6.45) is 1.12. The number of hydrogen-bond acceptors (Lipinski definition) is 4. The Bertz CT molecular complexity index is 1240.